The van der Waals surface area contributed by atoms with E-state index < -0.39 is 14.1 Å². The van der Waals surface area contributed by atoms with Crippen LogP contribution in [0.25, 0.3) is 0 Å². The zero-order valence-corrected chi connectivity index (χ0v) is 24.2. The number of rotatable bonds is 21. The summed E-state index contributed by atoms with van der Waals surface area (Å²) < 4.78 is 11.6. The Bertz CT molecular complexity index is 489. The molecule has 0 spiro atoms. The van der Waals surface area contributed by atoms with Crippen LogP contribution in [-0.2, 0) is 27.0 Å². The van der Waals surface area contributed by atoms with Crippen molar-refractivity contribution in [3.05, 3.63) is 0 Å². The zero-order valence-electron chi connectivity index (χ0n) is 21.1. The number of halogens is 2. The van der Waals surface area contributed by atoms with Crippen molar-refractivity contribution in [1.82, 2.24) is 7.60 Å². The van der Waals surface area contributed by atoms with Crippen LogP contribution in [-0.4, -0.2) is 18.4 Å². The molecule has 0 saturated carbocycles. The quantitative estimate of drug-likeness (QED) is 0.117. The van der Waals surface area contributed by atoms with E-state index in [1.165, 1.54) is 12.8 Å². The third-order valence-electron chi connectivity index (χ3n) is 5.83. The SMILES string of the molecule is CCCCCCCC(=O)[NH][Ti]([Cl])([Cl])([NH]C(=O)CCCCCCC)[O]CC(CC)CCCC. The molecular weight excluding hydrogens is 483 g/mol. The van der Waals surface area contributed by atoms with Gasteiger partial charge < -0.3 is 0 Å². The van der Waals surface area contributed by atoms with Crippen molar-refractivity contribution in [2.24, 2.45) is 5.92 Å². The van der Waals surface area contributed by atoms with Crippen LogP contribution in [0, 0.1) is 5.92 Å². The summed E-state index contributed by atoms with van der Waals surface area (Å²) >= 11 is -5.20. The first-order valence-corrected chi connectivity index (χ1v) is 19.5. The first kappa shape index (κ1) is 32.2. The summed E-state index contributed by atoms with van der Waals surface area (Å²) in [6.07, 6.45) is 15.3. The molecule has 0 aliphatic carbocycles. The van der Waals surface area contributed by atoms with Crippen LogP contribution < -0.4 is 7.60 Å². The fourth-order valence-corrected chi connectivity index (χ4v) is 8.88. The molecule has 1 atom stereocenters. The van der Waals surface area contributed by atoms with Gasteiger partial charge in [-0.2, -0.15) is 0 Å². The van der Waals surface area contributed by atoms with Gasteiger partial charge in [0, 0.05) is 0 Å². The van der Waals surface area contributed by atoms with Crippen molar-refractivity contribution in [1.29, 1.82) is 0 Å². The van der Waals surface area contributed by atoms with Crippen molar-refractivity contribution in [2.45, 2.75) is 130 Å². The summed E-state index contributed by atoms with van der Waals surface area (Å²) in [4.78, 5) is 25.3. The Labute approximate surface area is 207 Å². The van der Waals surface area contributed by atoms with Gasteiger partial charge in [-0.05, 0) is 0 Å². The summed E-state index contributed by atoms with van der Waals surface area (Å²) in [5.74, 6) is -0.186. The molecule has 2 N–H and O–H groups in total. The maximum atomic E-state index is 12.6. The van der Waals surface area contributed by atoms with Crippen molar-refractivity contribution in [2.75, 3.05) is 6.61 Å². The fourth-order valence-electron chi connectivity index (χ4n) is 3.63. The molecule has 0 bridgehead atoms. The van der Waals surface area contributed by atoms with Crippen molar-refractivity contribution < 1.29 is 27.0 Å². The topological polar surface area (TPSA) is 67.4 Å². The molecule has 0 rings (SSSR count). The standard InChI is InChI=1S/2C8H17NO.C8H17O.2ClH.Ti/c2*1-2-3-4-5-6-7-8(9)10;1-3-5-6-8(4-2)7-9;;;/h2*2-7H2,1H3,(H2,9,10);8H,3-7H2,1-2H3;2*1H;/q;;-1;;;+5/p-4. The Morgan fingerprint density at radius 1 is 0.719 bits per heavy atom. The van der Waals surface area contributed by atoms with Gasteiger partial charge in [-0.1, -0.05) is 0 Å². The minimum absolute atomic E-state index is 0.242. The molecule has 0 aromatic carbocycles. The third-order valence-corrected chi connectivity index (χ3v) is 11.5. The van der Waals surface area contributed by atoms with Crippen molar-refractivity contribution in [3.63, 3.8) is 0 Å². The average molecular weight is 532 g/mol. The molecule has 0 fully saturated rings. The number of amides is 2. The van der Waals surface area contributed by atoms with E-state index >= 15 is 0 Å². The monoisotopic (exact) mass is 531 g/mol. The number of carbonyl (C=O) groups excluding carboxylic acids is 2. The Morgan fingerprint density at radius 2 is 1.16 bits per heavy atom. The Hall–Kier alpha value is 0.194. The number of unbranched alkanes of at least 4 members (excludes halogenated alkanes) is 9. The molecule has 0 aromatic rings. The summed E-state index contributed by atoms with van der Waals surface area (Å²) in [5, 5.41) is 0. The fraction of sp³-hybridized carbons (Fsp3) is 0.917. The van der Waals surface area contributed by atoms with Crippen LogP contribution in [0.4, 0.5) is 0 Å². The molecule has 191 valence electrons. The van der Waals surface area contributed by atoms with Crippen molar-refractivity contribution in [3.8, 4) is 0 Å². The van der Waals surface area contributed by atoms with E-state index in [1.807, 2.05) is 0 Å². The van der Waals surface area contributed by atoms with E-state index in [0.29, 0.717) is 25.4 Å². The molecule has 5 nitrogen and oxygen atoms in total. The molecule has 0 heterocycles. The van der Waals surface area contributed by atoms with Crippen LogP contribution in [0.15, 0.2) is 0 Å². The Kier molecular flexibility index (Phi) is 18.6. The summed E-state index contributed by atoms with van der Waals surface area (Å²) in [6, 6.07) is 0. The van der Waals surface area contributed by atoms with Gasteiger partial charge in [0.1, 0.15) is 0 Å². The van der Waals surface area contributed by atoms with Gasteiger partial charge >= 0.3 is 208 Å². The summed E-state index contributed by atoms with van der Waals surface area (Å²) in [7, 11) is 13.6. The first-order valence-electron chi connectivity index (χ1n) is 13.0. The maximum absolute atomic E-state index is 12.6. The molecule has 0 radical (unpaired) electrons. The number of nitrogens with one attached hydrogen (secondary N) is 2. The molecule has 0 aromatic heterocycles. The summed E-state index contributed by atoms with van der Waals surface area (Å²) in [6.45, 7) is 8.93. The second kappa shape index (κ2) is 18.5. The predicted molar refractivity (Wildman–Crippen MR) is 134 cm³/mol. The van der Waals surface area contributed by atoms with Gasteiger partial charge in [0.05, 0.1) is 0 Å². The molecule has 0 saturated heterocycles. The number of carbonyl (C=O) groups is 2. The van der Waals surface area contributed by atoms with Gasteiger partial charge in [0.15, 0.2) is 0 Å². The van der Waals surface area contributed by atoms with Crippen LogP contribution >= 0.6 is 18.6 Å². The second-order valence-electron chi connectivity index (χ2n) is 9.09. The van der Waals surface area contributed by atoms with Crippen LogP contribution in [0.3, 0.4) is 0 Å². The molecule has 0 aliphatic rings. The van der Waals surface area contributed by atoms with Crippen LogP contribution in [0.2, 0.25) is 0 Å². The molecule has 8 heteroatoms. The second-order valence-corrected chi connectivity index (χ2v) is 20.0. The normalized spacial score (nSPS) is 13.9. The number of hydrogen-bond donors (Lipinski definition) is 2. The average Bonchev–Trinajstić information content (AvgIpc) is 2.73. The van der Waals surface area contributed by atoms with E-state index in [0.717, 1.165) is 77.0 Å². The van der Waals surface area contributed by atoms with Crippen molar-refractivity contribution >= 4 is 30.4 Å². The van der Waals surface area contributed by atoms with Gasteiger partial charge in [-0.15, -0.1) is 0 Å². The molecule has 0 aliphatic heterocycles. The van der Waals surface area contributed by atoms with E-state index in [1.54, 1.807) is 0 Å². The molecule has 2 amide bonds. The minimum atomic E-state index is -5.20. The first-order chi connectivity index (χ1) is 15.2. The van der Waals surface area contributed by atoms with Gasteiger partial charge in [0.25, 0.3) is 0 Å². The van der Waals surface area contributed by atoms with Gasteiger partial charge in [-0.25, -0.2) is 0 Å². The van der Waals surface area contributed by atoms with E-state index in [2.05, 4.69) is 35.3 Å². The third kappa shape index (κ3) is 16.8. The molecule has 1 unspecified atom stereocenters. The van der Waals surface area contributed by atoms with Crippen LogP contribution in [0.1, 0.15) is 130 Å². The summed E-state index contributed by atoms with van der Waals surface area (Å²) in [5.41, 5.74) is 0. The predicted octanol–water partition coefficient (Wildman–Crippen LogP) is 7.92. The molecule has 32 heavy (non-hydrogen) atoms. The molecular formula is C24H49Cl2N2O3Ti. The van der Waals surface area contributed by atoms with Gasteiger partial charge in [0.2, 0.25) is 0 Å². The van der Waals surface area contributed by atoms with Crippen LogP contribution in [0.5, 0.6) is 0 Å². The zero-order chi connectivity index (χ0) is 24.3. The van der Waals surface area contributed by atoms with E-state index in [-0.39, 0.29) is 11.8 Å². The Balaban J connectivity index is 4.99. The van der Waals surface area contributed by atoms with Gasteiger partial charge in [-0.3, -0.25) is 0 Å². The Morgan fingerprint density at radius 3 is 1.56 bits per heavy atom. The van der Waals surface area contributed by atoms with E-state index in [9.17, 15) is 9.59 Å². The van der Waals surface area contributed by atoms with E-state index in [4.69, 9.17) is 21.9 Å². The number of hydrogen-bond acceptors (Lipinski definition) is 3.